The third kappa shape index (κ3) is 6.75. The van der Waals surface area contributed by atoms with E-state index < -0.39 is 18.3 Å². The Bertz CT molecular complexity index is 1340. The highest BCUT2D eigenvalue weighted by atomic mass is 19.3. The molecule has 0 unspecified atom stereocenters. The maximum absolute atomic E-state index is 13.0. The van der Waals surface area contributed by atoms with Crippen molar-refractivity contribution in [2.24, 2.45) is 0 Å². The quantitative estimate of drug-likeness (QED) is 0.349. The smallest absolute Gasteiger partial charge is 0.410 e. The van der Waals surface area contributed by atoms with Crippen LogP contribution in [-0.2, 0) is 11.2 Å². The number of nitrogens with zero attached hydrogens (tertiary/aromatic N) is 2. The minimum atomic E-state index is -3.02. The van der Waals surface area contributed by atoms with Gasteiger partial charge in [-0.15, -0.1) is 0 Å². The summed E-state index contributed by atoms with van der Waals surface area (Å²) in [7, 11) is 1.61. The Morgan fingerprint density at radius 3 is 2.72 bits per heavy atom. The number of aromatic amines is 1. The molecule has 1 aliphatic rings. The summed E-state index contributed by atoms with van der Waals surface area (Å²) < 4.78 is 42.1. The minimum absolute atomic E-state index is 0.0685. The lowest BCUT2D eigenvalue weighted by atomic mass is 10.0. The Morgan fingerprint density at radius 2 is 1.97 bits per heavy atom. The fourth-order valence-corrected chi connectivity index (χ4v) is 4.03. The highest BCUT2D eigenvalue weighted by Gasteiger charge is 2.29. The van der Waals surface area contributed by atoms with E-state index in [1.807, 2.05) is 0 Å². The van der Waals surface area contributed by atoms with Crippen molar-refractivity contribution < 1.29 is 32.6 Å². The molecule has 12 heteroatoms. The van der Waals surface area contributed by atoms with Crippen molar-refractivity contribution in [1.29, 1.82) is 0 Å². The predicted octanol–water partition coefficient (Wildman–Crippen LogP) is 4.95. The lowest BCUT2D eigenvalue weighted by Gasteiger charge is -2.24. The Labute approximate surface area is 224 Å². The second-order valence-electron chi connectivity index (χ2n) is 9.86. The second kappa shape index (κ2) is 11.6. The van der Waals surface area contributed by atoms with Gasteiger partial charge in [0.15, 0.2) is 0 Å². The first kappa shape index (κ1) is 27.7. The molecule has 208 valence electrons. The molecule has 0 spiro atoms. The lowest BCUT2D eigenvalue weighted by molar-refractivity contribution is -0.0493. The Kier molecular flexibility index (Phi) is 8.22. The number of ether oxygens (including phenoxy) is 3. The molecule has 3 N–H and O–H groups in total. The number of amides is 2. The summed E-state index contributed by atoms with van der Waals surface area (Å²) in [5.41, 5.74) is 2.18. The van der Waals surface area contributed by atoms with Crippen molar-refractivity contribution in [1.82, 2.24) is 20.2 Å². The van der Waals surface area contributed by atoms with Crippen LogP contribution < -0.4 is 20.1 Å². The number of carbonyl (C=O) groups is 2. The maximum atomic E-state index is 13.0. The topological polar surface area (TPSA) is 118 Å². The molecular formula is C27H31F2N5O5. The fourth-order valence-electron chi connectivity index (χ4n) is 4.03. The highest BCUT2D eigenvalue weighted by molar-refractivity contribution is 6.06. The van der Waals surface area contributed by atoms with Crippen LogP contribution in [0.2, 0.25) is 0 Å². The van der Waals surface area contributed by atoms with Crippen molar-refractivity contribution in [3.05, 3.63) is 54.0 Å². The number of benzene rings is 1. The highest BCUT2D eigenvalue weighted by Crippen LogP contribution is 2.41. The average Bonchev–Trinajstić information content (AvgIpc) is 3.23. The molecule has 10 nitrogen and oxygen atoms in total. The summed E-state index contributed by atoms with van der Waals surface area (Å²) in [6.45, 7) is 3.19. The number of hydrogen-bond acceptors (Lipinski definition) is 7. The number of anilines is 2. The zero-order valence-corrected chi connectivity index (χ0v) is 22.1. The van der Waals surface area contributed by atoms with Crippen LogP contribution in [0.25, 0.3) is 11.3 Å². The van der Waals surface area contributed by atoms with Crippen LogP contribution in [0.4, 0.5) is 25.0 Å². The van der Waals surface area contributed by atoms with Crippen LogP contribution >= 0.6 is 0 Å². The van der Waals surface area contributed by atoms with E-state index in [2.05, 4.69) is 25.3 Å². The number of rotatable bonds is 9. The van der Waals surface area contributed by atoms with Gasteiger partial charge in [-0.25, -0.2) is 4.79 Å². The van der Waals surface area contributed by atoms with Crippen LogP contribution in [0, 0.1) is 0 Å². The standard InChI is InChI=1S/C27H31F2N5O5/c1-27(2,3)39-26(36)34(4)13-14-37-20-15-30-11-9-16(20)22-23(21-18(33-22)10-12-31-24(21)35)32-17-7-5-6-8-19(17)38-25(28)29/h5-9,11,15,25,32-33H,10,12-14H2,1-4H3,(H,31,35). The molecule has 2 amide bonds. The van der Waals surface area contributed by atoms with Crippen molar-refractivity contribution in [2.75, 3.05) is 32.1 Å². The largest absolute Gasteiger partial charge is 0.489 e. The van der Waals surface area contributed by atoms with Gasteiger partial charge in [0.1, 0.15) is 23.7 Å². The first-order valence-electron chi connectivity index (χ1n) is 12.4. The van der Waals surface area contributed by atoms with Crippen molar-refractivity contribution in [3.8, 4) is 22.8 Å². The minimum Gasteiger partial charge on any atom is -0.489 e. The van der Waals surface area contributed by atoms with Crippen molar-refractivity contribution >= 4 is 23.4 Å². The third-order valence-corrected chi connectivity index (χ3v) is 5.77. The van der Waals surface area contributed by atoms with Crippen LogP contribution in [-0.4, -0.2) is 65.8 Å². The van der Waals surface area contributed by atoms with Crippen LogP contribution in [0.3, 0.4) is 0 Å². The molecule has 1 aromatic carbocycles. The summed E-state index contributed by atoms with van der Waals surface area (Å²) in [6, 6.07) is 7.95. The van der Waals surface area contributed by atoms with E-state index in [4.69, 9.17) is 9.47 Å². The Morgan fingerprint density at radius 1 is 1.21 bits per heavy atom. The normalized spacial score (nSPS) is 12.9. The van der Waals surface area contributed by atoms with E-state index in [9.17, 15) is 18.4 Å². The van der Waals surface area contributed by atoms with Gasteiger partial charge in [0.25, 0.3) is 5.91 Å². The SMILES string of the molecule is CN(CCOc1cnccc1-c1[nH]c2c(c1Nc1ccccc1OC(F)F)C(=O)NCC2)C(=O)OC(C)(C)C. The monoisotopic (exact) mass is 543 g/mol. The molecule has 0 aliphatic carbocycles. The van der Waals surface area contributed by atoms with Gasteiger partial charge in [-0.05, 0) is 39.0 Å². The molecule has 3 heterocycles. The predicted molar refractivity (Wildman–Crippen MR) is 141 cm³/mol. The number of alkyl halides is 2. The summed E-state index contributed by atoms with van der Waals surface area (Å²) in [5, 5.41) is 5.95. The molecule has 1 aliphatic heterocycles. The molecule has 0 saturated heterocycles. The van der Waals surface area contributed by atoms with Crippen LogP contribution in [0.15, 0.2) is 42.7 Å². The number of halogens is 2. The second-order valence-corrected chi connectivity index (χ2v) is 9.86. The molecule has 0 radical (unpaired) electrons. The number of nitrogens with one attached hydrogen (secondary N) is 3. The number of likely N-dealkylation sites (N-methyl/N-ethyl adjacent to an activating group) is 1. The van der Waals surface area contributed by atoms with Gasteiger partial charge in [-0.3, -0.25) is 9.78 Å². The number of carbonyl (C=O) groups excluding carboxylic acids is 2. The number of H-pyrrole nitrogens is 1. The van der Waals surface area contributed by atoms with E-state index in [-0.39, 0.29) is 30.5 Å². The number of fused-ring (bicyclic) bond motifs is 1. The molecule has 3 aromatic rings. The van der Waals surface area contributed by atoms with Gasteiger partial charge >= 0.3 is 12.7 Å². The molecule has 4 rings (SSSR count). The van der Waals surface area contributed by atoms with E-state index in [0.717, 1.165) is 0 Å². The number of para-hydroxylation sites is 2. The first-order valence-corrected chi connectivity index (χ1v) is 12.4. The van der Waals surface area contributed by atoms with Gasteiger partial charge < -0.3 is 34.7 Å². The van der Waals surface area contributed by atoms with Gasteiger partial charge in [-0.1, -0.05) is 12.1 Å². The zero-order chi connectivity index (χ0) is 28.2. The fraction of sp³-hybridized carbons (Fsp3) is 0.370. The van der Waals surface area contributed by atoms with E-state index >= 15 is 0 Å². The third-order valence-electron chi connectivity index (χ3n) is 5.77. The zero-order valence-electron chi connectivity index (χ0n) is 22.1. The maximum Gasteiger partial charge on any atom is 0.410 e. The number of hydrogen-bond donors (Lipinski definition) is 3. The summed E-state index contributed by atoms with van der Waals surface area (Å²) in [4.78, 5) is 34.0. The molecule has 0 saturated carbocycles. The Hall–Kier alpha value is -4.35. The molecular weight excluding hydrogens is 512 g/mol. The van der Waals surface area contributed by atoms with E-state index in [1.165, 1.54) is 17.2 Å². The average molecular weight is 544 g/mol. The van der Waals surface area contributed by atoms with E-state index in [0.29, 0.717) is 46.9 Å². The van der Waals surface area contributed by atoms with Crippen molar-refractivity contribution in [2.45, 2.75) is 39.4 Å². The van der Waals surface area contributed by atoms with Gasteiger partial charge in [0, 0.05) is 37.5 Å². The van der Waals surface area contributed by atoms with Crippen LogP contribution in [0.5, 0.6) is 11.5 Å². The summed E-state index contributed by atoms with van der Waals surface area (Å²) in [5.74, 6) is 0.0271. The lowest BCUT2D eigenvalue weighted by Crippen LogP contribution is -2.36. The first-order chi connectivity index (χ1) is 18.5. The molecule has 0 atom stereocenters. The molecule has 39 heavy (non-hydrogen) atoms. The molecule has 0 fully saturated rings. The Balaban J connectivity index is 1.64. The van der Waals surface area contributed by atoms with Crippen molar-refractivity contribution in [3.63, 3.8) is 0 Å². The summed E-state index contributed by atoms with van der Waals surface area (Å²) >= 11 is 0. The van der Waals surface area contributed by atoms with Crippen LogP contribution in [0.1, 0.15) is 36.8 Å². The summed E-state index contributed by atoms with van der Waals surface area (Å²) in [6.07, 6.45) is 3.18. The molecule has 2 aromatic heterocycles. The number of pyridine rings is 1. The molecule has 0 bridgehead atoms. The van der Waals surface area contributed by atoms with Gasteiger partial charge in [0.05, 0.1) is 35.4 Å². The van der Waals surface area contributed by atoms with Gasteiger partial charge in [0.2, 0.25) is 0 Å². The number of aromatic nitrogens is 2. The van der Waals surface area contributed by atoms with Gasteiger partial charge in [-0.2, -0.15) is 8.78 Å². The van der Waals surface area contributed by atoms with E-state index in [1.54, 1.807) is 58.3 Å².